The number of nitrogens with zero attached hydrogens (tertiary/aromatic N) is 1. The molecular formula is C21H21N3O3S3. The smallest absolute Gasteiger partial charge is 0.260 e. The minimum absolute atomic E-state index is 0.134. The molecule has 0 spiro atoms. The Morgan fingerprint density at radius 1 is 1.20 bits per heavy atom. The van der Waals surface area contributed by atoms with Gasteiger partial charge >= 0.3 is 0 Å². The molecule has 1 aliphatic heterocycles. The number of anilines is 2. The van der Waals surface area contributed by atoms with Crippen LogP contribution in [-0.4, -0.2) is 28.3 Å². The SMILES string of the molecule is Cc1occc1C(=O)Nc1nc(CC(=O)Nc2cccc(C3SCCCS3)c2)cs1. The predicted molar refractivity (Wildman–Crippen MR) is 125 cm³/mol. The van der Waals surface area contributed by atoms with Gasteiger partial charge in [-0.2, -0.15) is 0 Å². The maximum absolute atomic E-state index is 12.5. The van der Waals surface area contributed by atoms with E-state index in [1.165, 1.54) is 41.1 Å². The summed E-state index contributed by atoms with van der Waals surface area (Å²) in [5.41, 5.74) is 3.11. The second kappa shape index (κ2) is 9.72. The summed E-state index contributed by atoms with van der Waals surface area (Å²) in [6, 6.07) is 9.66. The minimum atomic E-state index is -0.276. The molecule has 0 saturated carbocycles. The van der Waals surface area contributed by atoms with Gasteiger partial charge in [-0.25, -0.2) is 4.98 Å². The Kier molecular flexibility index (Phi) is 6.81. The molecule has 0 bridgehead atoms. The average Bonchev–Trinajstić information content (AvgIpc) is 3.37. The topological polar surface area (TPSA) is 84.2 Å². The molecule has 9 heteroatoms. The second-order valence-corrected chi connectivity index (χ2v) is 10.3. The fourth-order valence-corrected chi connectivity index (χ4v) is 6.62. The number of carbonyl (C=O) groups excluding carboxylic acids is 2. The summed E-state index contributed by atoms with van der Waals surface area (Å²) >= 11 is 5.20. The van der Waals surface area contributed by atoms with Gasteiger partial charge in [0, 0.05) is 11.1 Å². The number of hydrogen-bond acceptors (Lipinski definition) is 7. The first-order chi connectivity index (χ1) is 14.6. The molecular weight excluding hydrogens is 438 g/mol. The van der Waals surface area contributed by atoms with Gasteiger partial charge in [0.25, 0.3) is 5.91 Å². The quantitative estimate of drug-likeness (QED) is 0.517. The molecule has 2 amide bonds. The van der Waals surface area contributed by atoms with Gasteiger partial charge in [0.1, 0.15) is 5.76 Å². The van der Waals surface area contributed by atoms with E-state index in [2.05, 4.69) is 21.7 Å². The number of amides is 2. The molecule has 0 atom stereocenters. The van der Waals surface area contributed by atoms with E-state index in [9.17, 15) is 9.59 Å². The van der Waals surface area contributed by atoms with Crippen molar-refractivity contribution in [2.75, 3.05) is 22.1 Å². The van der Waals surface area contributed by atoms with Crippen LogP contribution in [0.3, 0.4) is 0 Å². The van der Waals surface area contributed by atoms with Crippen LogP contribution in [0.2, 0.25) is 0 Å². The fraction of sp³-hybridized carbons (Fsp3) is 0.286. The van der Waals surface area contributed by atoms with Crippen LogP contribution >= 0.6 is 34.9 Å². The molecule has 0 unspecified atom stereocenters. The average molecular weight is 460 g/mol. The summed E-state index contributed by atoms with van der Waals surface area (Å²) in [5, 5.41) is 7.94. The van der Waals surface area contributed by atoms with Gasteiger partial charge in [0.15, 0.2) is 5.13 Å². The highest BCUT2D eigenvalue weighted by atomic mass is 32.2. The van der Waals surface area contributed by atoms with Crippen LogP contribution < -0.4 is 10.6 Å². The molecule has 4 rings (SSSR count). The van der Waals surface area contributed by atoms with E-state index >= 15 is 0 Å². The number of carbonyl (C=O) groups is 2. The largest absolute Gasteiger partial charge is 0.469 e. The number of aryl methyl sites for hydroxylation is 1. The second-order valence-electron chi connectivity index (χ2n) is 6.77. The summed E-state index contributed by atoms with van der Waals surface area (Å²) in [5.74, 6) is 2.50. The minimum Gasteiger partial charge on any atom is -0.469 e. The van der Waals surface area contributed by atoms with Crippen molar-refractivity contribution in [3.05, 3.63) is 64.6 Å². The lowest BCUT2D eigenvalue weighted by Gasteiger charge is -2.21. The van der Waals surface area contributed by atoms with Crippen LogP contribution in [0, 0.1) is 6.92 Å². The monoisotopic (exact) mass is 459 g/mol. The normalized spacial score (nSPS) is 14.4. The van der Waals surface area contributed by atoms with E-state index in [0.717, 1.165) is 5.69 Å². The third kappa shape index (κ3) is 5.27. The van der Waals surface area contributed by atoms with Crippen molar-refractivity contribution in [2.24, 2.45) is 0 Å². The van der Waals surface area contributed by atoms with Crippen LogP contribution in [-0.2, 0) is 11.2 Å². The van der Waals surface area contributed by atoms with Crippen LogP contribution in [0.15, 0.2) is 46.4 Å². The number of nitrogens with one attached hydrogen (secondary N) is 2. The Hall–Kier alpha value is -2.23. The number of thioether (sulfide) groups is 2. The maximum atomic E-state index is 12.5. The summed E-state index contributed by atoms with van der Waals surface area (Å²) in [7, 11) is 0. The molecule has 30 heavy (non-hydrogen) atoms. The lowest BCUT2D eigenvalue weighted by atomic mass is 10.2. The first-order valence-corrected chi connectivity index (χ1v) is 12.5. The number of aromatic nitrogens is 1. The van der Waals surface area contributed by atoms with E-state index in [4.69, 9.17) is 4.42 Å². The van der Waals surface area contributed by atoms with Crippen LogP contribution in [0.5, 0.6) is 0 Å². The van der Waals surface area contributed by atoms with Crippen molar-refractivity contribution < 1.29 is 14.0 Å². The lowest BCUT2D eigenvalue weighted by molar-refractivity contribution is -0.115. The number of furan rings is 1. The third-order valence-corrected chi connectivity index (χ3v) is 8.31. The molecule has 0 radical (unpaired) electrons. The summed E-state index contributed by atoms with van der Waals surface area (Å²) in [4.78, 5) is 29.1. The van der Waals surface area contributed by atoms with E-state index in [1.54, 1.807) is 18.4 Å². The molecule has 1 aromatic carbocycles. The van der Waals surface area contributed by atoms with Crippen LogP contribution in [0.1, 0.15) is 38.4 Å². The third-order valence-electron chi connectivity index (χ3n) is 4.49. The molecule has 1 fully saturated rings. The highest BCUT2D eigenvalue weighted by Gasteiger charge is 2.18. The zero-order valence-electron chi connectivity index (χ0n) is 16.3. The molecule has 3 heterocycles. The Labute approximate surface area is 187 Å². The van der Waals surface area contributed by atoms with Crippen molar-refractivity contribution in [1.82, 2.24) is 4.98 Å². The highest BCUT2D eigenvalue weighted by molar-refractivity contribution is 8.16. The van der Waals surface area contributed by atoms with Crippen molar-refractivity contribution >= 4 is 57.5 Å². The van der Waals surface area contributed by atoms with Gasteiger partial charge in [0.05, 0.1) is 28.5 Å². The molecule has 3 aromatic rings. The maximum Gasteiger partial charge on any atom is 0.260 e. The number of rotatable bonds is 6. The molecule has 1 saturated heterocycles. The van der Waals surface area contributed by atoms with Crippen molar-refractivity contribution in [3.63, 3.8) is 0 Å². The first-order valence-electron chi connectivity index (χ1n) is 9.51. The van der Waals surface area contributed by atoms with E-state index in [0.29, 0.717) is 26.7 Å². The number of hydrogen-bond donors (Lipinski definition) is 2. The van der Waals surface area contributed by atoms with Gasteiger partial charge < -0.3 is 9.73 Å². The van der Waals surface area contributed by atoms with Crippen molar-refractivity contribution in [3.8, 4) is 0 Å². The van der Waals surface area contributed by atoms with Crippen molar-refractivity contribution in [1.29, 1.82) is 0 Å². The molecule has 6 nitrogen and oxygen atoms in total. The first kappa shape index (κ1) is 21.0. The van der Waals surface area contributed by atoms with Gasteiger partial charge in [-0.1, -0.05) is 12.1 Å². The Morgan fingerprint density at radius 2 is 2.03 bits per heavy atom. The lowest BCUT2D eigenvalue weighted by Crippen LogP contribution is -2.15. The molecule has 1 aliphatic rings. The Bertz CT molecular complexity index is 1040. The molecule has 156 valence electrons. The standard InChI is InChI=1S/C21H21N3O3S3/c1-13-17(6-7-27-13)19(26)24-21-23-16(12-30-21)11-18(25)22-15-5-2-4-14(10-15)20-28-8-3-9-29-20/h2,4-7,10,12,20H,3,8-9,11H2,1H3,(H,22,25)(H,23,24,26). The van der Waals surface area contributed by atoms with Gasteiger partial charge in [-0.15, -0.1) is 34.9 Å². The summed E-state index contributed by atoms with van der Waals surface area (Å²) in [6.07, 6.45) is 2.87. The summed E-state index contributed by atoms with van der Waals surface area (Å²) < 4.78 is 5.58. The zero-order chi connectivity index (χ0) is 20.9. The highest BCUT2D eigenvalue weighted by Crippen LogP contribution is 2.44. The summed E-state index contributed by atoms with van der Waals surface area (Å²) in [6.45, 7) is 1.73. The van der Waals surface area contributed by atoms with E-state index < -0.39 is 0 Å². The zero-order valence-corrected chi connectivity index (χ0v) is 18.8. The Morgan fingerprint density at radius 3 is 2.80 bits per heavy atom. The van der Waals surface area contributed by atoms with Crippen LogP contribution in [0.4, 0.5) is 10.8 Å². The van der Waals surface area contributed by atoms with E-state index in [-0.39, 0.29) is 18.2 Å². The molecule has 2 N–H and O–H groups in total. The van der Waals surface area contributed by atoms with Gasteiger partial charge in [-0.3, -0.25) is 14.9 Å². The van der Waals surface area contributed by atoms with Gasteiger partial charge in [0.2, 0.25) is 5.91 Å². The van der Waals surface area contributed by atoms with E-state index in [1.807, 2.05) is 41.7 Å². The number of thiazole rings is 1. The fourth-order valence-electron chi connectivity index (χ4n) is 3.04. The van der Waals surface area contributed by atoms with Gasteiger partial charge in [-0.05, 0) is 48.6 Å². The predicted octanol–water partition coefficient (Wildman–Crippen LogP) is 5.35. The molecule has 0 aliphatic carbocycles. The Balaban J connectivity index is 1.33. The van der Waals surface area contributed by atoms with Crippen LogP contribution in [0.25, 0.3) is 0 Å². The van der Waals surface area contributed by atoms with Crippen molar-refractivity contribution in [2.45, 2.75) is 24.3 Å². The molecule has 2 aromatic heterocycles. The number of benzene rings is 1.